The second-order valence-electron chi connectivity index (χ2n) is 6.04. The topological polar surface area (TPSA) is 78.5 Å². The molecule has 0 radical (unpaired) electrons. The Balaban J connectivity index is 0.00000312. The maximum atomic E-state index is 12.6. The number of benzene rings is 1. The number of rotatable bonds is 7. The standard InChI is InChI=1S/C17H27N3O3S.ClH/c1-3-20(4-2)24(22,23)16-9-5-8-15(11-16)17(21)19-13-14-7-6-10-18-12-14;/h5,8-9,11,14,18H,3-4,6-7,10,12-13H2,1-2H3,(H,19,21);1H. The first-order valence-corrected chi connectivity index (χ1v) is 10.0. The van der Waals surface area contributed by atoms with Crippen LogP contribution in [0.3, 0.4) is 0 Å². The summed E-state index contributed by atoms with van der Waals surface area (Å²) >= 11 is 0. The molecule has 0 bridgehead atoms. The summed E-state index contributed by atoms with van der Waals surface area (Å²) in [5.74, 6) is 0.211. The molecule has 0 saturated carbocycles. The number of hydrogen-bond donors (Lipinski definition) is 2. The van der Waals surface area contributed by atoms with E-state index in [0.29, 0.717) is 31.1 Å². The number of hydrogen-bond acceptors (Lipinski definition) is 4. The van der Waals surface area contributed by atoms with Crippen LogP contribution in [-0.4, -0.2) is 51.4 Å². The van der Waals surface area contributed by atoms with Crippen LogP contribution in [0.2, 0.25) is 0 Å². The van der Waals surface area contributed by atoms with Gasteiger partial charge in [-0.15, -0.1) is 12.4 Å². The van der Waals surface area contributed by atoms with Gasteiger partial charge in [0.1, 0.15) is 0 Å². The lowest BCUT2D eigenvalue weighted by atomic mass is 10.00. The molecule has 25 heavy (non-hydrogen) atoms. The molecule has 0 aliphatic carbocycles. The Hall–Kier alpha value is -1.15. The Bertz CT molecular complexity index is 657. The number of nitrogens with zero attached hydrogens (tertiary/aromatic N) is 1. The van der Waals surface area contributed by atoms with E-state index >= 15 is 0 Å². The van der Waals surface area contributed by atoms with Gasteiger partial charge < -0.3 is 10.6 Å². The van der Waals surface area contributed by atoms with Crippen molar-refractivity contribution in [3.63, 3.8) is 0 Å². The minimum atomic E-state index is -3.55. The molecule has 0 aromatic heterocycles. The molecule has 1 aromatic carbocycles. The summed E-state index contributed by atoms with van der Waals surface area (Å²) < 4.78 is 26.5. The van der Waals surface area contributed by atoms with Crippen LogP contribution in [0.5, 0.6) is 0 Å². The first kappa shape index (κ1) is 21.9. The monoisotopic (exact) mass is 389 g/mol. The maximum Gasteiger partial charge on any atom is 0.251 e. The van der Waals surface area contributed by atoms with Crippen molar-refractivity contribution in [1.29, 1.82) is 0 Å². The highest BCUT2D eigenvalue weighted by atomic mass is 35.5. The Morgan fingerprint density at radius 2 is 2.04 bits per heavy atom. The zero-order valence-corrected chi connectivity index (χ0v) is 16.5. The Labute approximate surface area is 156 Å². The van der Waals surface area contributed by atoms with Crippen LogP contribution in [0.1, 0.15) is 37.0 Å². The van der Waals surface area contributed by atoms with E-state index in [4.69, 9.17) is 0 Å². The van der Waals surface area contributed by atoms with E-state index in [0.717, 1.165) is 25.9 Å². The Kier molecular flexibility index (Phi) is 8.85. The molecule has 142 valence electrons. The van der Waals surface area contributed by atoms with E-state index < -0.39 is 10.0 Å². The molecule has 6 nitrogen and oxygen atoms in total. The van der Waals surface area contributed by atoms with Crippen LogP contribution in [0.4, 0.5) is 0 Å². The second kappa shape index (κ2) is 10.1. The van der Waals surface area contributed by atoms with Crippen LogP contribution in [0, 0.1) is 5.92 Å². The van der Waals surface area contributed by atoms with Crippen molar-refractivity contribution in [2.75, 3.05) is 32.7 Å². The van der Waals surface area contributed by atoms with E-state index in [2.05, 4.69) is 10.6 Å². The van der Waals surface area contributed by atoms with Gasteiger partial charge in [0, 0.05) is 25.2 Å². The van der Waals surface area contributed by atoms with Gasteiger partial charge in [-0.05, 0) is 50.0 Å². The molecule has 2 rings (SSSR count). The number of amides is 1. The molecule has 1 amide bonds. The lowest BCUT2D eigenvalue weighted by Crippen LogP contribution is -2.38. The van der Waals surface area contributed by atoms with E-state index in [9.17, 15) is 13.2 Å². The van der Waals surface area contributed by atoms with Gasteiger partial charge >= 0.3 is 0 Å². The van der Waals surface area contributed by atoms with Crippen LogP contribution >= 0.6 is 12.4 Å². The van der Waals surface area contributed by atoms with Gasteiger partial charge in [-0.25, -0.2) is 8.42 Å². The lowest BCUT2D eigenvalue weighted by Gasteiger charge is -2.23. The van der Waals surface area contributed by atoms with Crippen molar-refractivity contribution in [1.82, 2.24) is 14.9 Å². The molecular weight excluding hydrogens is 362 g/mol. The number of halogens is 1. The molecule has 1 aliphatic rings. The highest BCUT2D eigenvalue weighted by Crippen LogP contribution is 2.17. The Morgan fingerprint density at radius 3 is 2.64 bits per heavy atom. The minimum absolute atomic E-state index is 0. The predicted octanol–water partition coefficient (Wildman–Crippen LogP) is 1.87. The summed E-state index contributed by atoms with van der Waals surface area (Å²) in [6.07, 6.45) is 2.22. The van der Waals surface area contributed by atoms with Crippen molar-refractivity contribution in [2.45, 2.75) is 31.6 Å². The highest BCUT2D eigenvalue weighted by molar-refractivity contribution is 7.89. The first-order chi connectivity index (χ1) is 11.5. The molecule has 1 atom stereocenters. The van der Waals surface area contributed by atoms with Crippen LogP contribution in [-0.2, 0) is 10.0 Å². The first-order valence-electron chi connectivity index (χ1n) is 8.58. The third-order valence-corrected chi connectivity index (χ3v) is 6.44. The largest absolute Gasteiger partial charge is 0.352 e. The third-order valence-electron chi connectivity index (χ3n) is 4.39. The Morgan fingerprint density at radius 1 is 1.32 bits per heavy atom. The molecule has 1 aliphatic heterocycles. The van der Waals surface area contributed by atoms with Crippen molar-refractivity contribution >= 4 is 28.3 Å². The van der Waals surface area contributed by atoms with Gasteiger partial charge in [-0.2, -0.15) is 4.31 Å². The zero-order chi connectivity index (χ0) is 17.6. The number of piperidine rings is 1. The SMILES string of the molecule is CCN(CC)S(=O)(=O)c1cccc(C(=O)NCC2CCCNC2)c1.Cl. The normalized spacial score (nSPS) is 17.8. The fourth-order valence-electron chi connectivity index (χ4n) is 2.95. The molecule has 1 saturated heterocycles. The fraction of sp³-hybridized carbons (Fsp3) is 0.588. The van der Waals surface area contributed by atoms with Crippen molar-refractivity contribution in [3.05, 3.63) is 29.8 Å². The molecule has 1 unspecified atom stereocenters. The number of carbonyl (C=O) groups is 1. The molecule has 1 heterocycles. The molecule has 8 heteroatoms. The molecule has 1 aromatic rings. The van der Waals surface area contributed by atoms with E-state index in [1.165, 1.54) is 16.4 Å². The zero-order valence-electron chi connectivity index (χ0n) is 14.8. The van der Waals surface area contributed by atoms with Gasteiger partial charge in [0.15, 0.2) is 0 Å². The molecule has 2 N–H and O–H groups in total. The summed E-state index contributed by atoms with van der Waals surface area (Å²) in [7, 11) is -3.55. The third kappa shape index (κ3) is 5.67. The van der Waals surface area contributed by atoms with Crippen LogP contribution in [0.15, 0.2) is 29.2 Å². The summed E-state index contributed by atoms with van der Waals surface area (Å²) in [5.41, 5.74) is 0.381. The fourth-order valence-corrected chi connectivity index (χ4v) is 4.45. The summed E-state index contributed by atoms with van der Waals surface area (Å²) in [6, 6.07) is 6.26. The van der Waals surface area contributed by atoms with E-state index in [-0.39, 0.29) is 23.2 Å². The van der Waals surface area contributed by atoms with Gasteiger partial charge in [0.2, 0.25) is 10.0 Å². The maximum absolute atomic E-state index is 12.6. The number of nitrogens with one attached hydrogen (secondary N) is 2. The quantitative estimate of drug-likeness (QED) is 0.746. The lowest BCUT2D eigenvalue weighted by molar-refractivity contribution is 0.0944. The highest BCUT2D eigenvalue weighted by Gasteiger charge is 2.22. The smallest absolute Gasteiger partial charge is 0.251 e. The van der Waals surface area contributed by atoms with Gasteiger partial charge in [0.25, 0.3) is 5.91 Å². The predicted molar refractivity (Wildman–Crippen MR) is 102 cm³/mol. The van der Waals surface area contributed by atoms with Crippen LogP contribution in [0.25, 0.3) is 0 Å². The van der Waals surface area contributed by atoms with Crippen LogP contribution < -0.4 is 10.6 Å². The minimum Gasteiger partial charge on any atom is -0.352 e. The van der Waals surface area contributed by atoms with Crippen molar-refractivity contribution < 1.29 is 13.2 Å². The van der Waals surface area contributed by atoms with Gasteiger partial charge in [-0.3, -0.25) is 4.79 Å². The molecular formula is C17H28ClN3O3S. The van der Waals surface area contributed by atoms with Gasteiger partial charge in [-0.1, -0.05) is 19.9 Å². The average molecular weight is 390 g/mol. The van der Waals surface area contributed by atoms with Crippen molar-refractivity contribution in [2.24, 2.45) is 5.92 Å². The molecule has 0 spiro atoms. The van der Waals surface area contributed by atoms with Crippen molar-refractivity contribution in [3.8, 4) is 0 Å². The number of carbonyl (C=O) groups excluding carboxylic acids is 1. The molecule has 1 fully saturated rings. The summed E-state index contributed by atoms with van der Waals surface area (Å²) in [6.45, 7) is 6.98. The average Bonchev–Trinajstić information content (AvgIpc) is 2.61. The van der Waals surface area contributed by atoms with E-state index in [1.807, 2.05) is 0 Å². The van der Waals surface area contributed by atoms with E-state index in [1.54, 1.807) is 26.0 Å². The summed E-state index contributed by atoms with van der Waals surface area (Å²) in [4.78, 5) is 12.5. The number of sulfonamides is 1. The second-order valence-corrected chi connectivity index (χ2v) is 7.98. The summed E-state index contributed by atoms with van der Waals surface area (Å²) in [5, 5.41) is 6.23. The van der Waals surface area contributed by atoms with Gasteiger partial charge in [0.05, 0.1) is 4.90 Å².